The molecule has 5 heterocycles. The van der Waals surface area contributed by atoms with Gasteiger partial charge in [-0.1, -0.05) is 84.9 Å². The van der Waals surface area contributed by atoms with Crippen LogP contribution in [0, 0.1) is 0 Å². The number of hydrogen-bond acceptors (Lipinski definition) is 8. The first-order chi connectivity index (χ1) is 21.3. The largest absolute Gasteiger partial charge is 0.253 e. The molecule has 0 atom stereocenters. The Labute approximate surface area is 250 Å². The number of benzene rings is 3. The van der Waals surface area contributed by atoms with Gasteiger partial charge in [-0.15, -0.1) is 11.3 Å². The SMILES string of the molecule is c1ccc(-c2nc(-c3ccc(-c4nc(-c5ccccn5)nc(-c5ccccn5)n4)cc3)nc3c2sc2ccccc23)cc1. The van der Waals surface area contributed by atoms with Gasteiger partial charge in [-0.3, -0.25) is 9.97 Å². The molecule has 0 aliphatic rings. The summed E-state index contributed by atoms with van der Waals surface area (Å²) in [5.74, 6) is 2.18. The summed E-state index contributed by atoms with van der Waals surface area (Å²) in [6.45, 7) is 0. The van der Waals surface area contributed by atoms with E-state index in [9.17, 15) is 0 Å². The molecule has 7 nitrogen and oxygen atoms in total. The summed E-state index contributed by atoms with van der Waals surface area (Å²) in [7, 11) is 0. The van der Waals surface area contributed by atoms with E-state index in [0.717, 1.165) is 38.0 Å². The van der Waals surface area contributed by atoms with Crippen molar-refractivity contribution in [3.8, 4) is 57.1 Å². The lowest BCUT2D eigenvalue weighted by Gasteiger charge is -2.09. The van der Waals surface area contributed by atoms with Gasteiger partial charge in [0.25, 0.3) is 0 Å². The van der Waals surface area contributed by atoms with E-state index in [1.807, 2.05) is 78.9 Å². The van der Waals surface area contributed by atoms with Gasteiger partial charge in [-0.2, -0.15) is 0 Å². The highest BCUT2D eigenvalue weighted by Crippen LogP contribution is 2.39. The first-order valence-electron chi connectivity index (χ1n) is 13.7. The van der Waals surface area contributed by atoms with Gasteiger partial charge < -0.3 is 0 Å². The predicted molar refractivity (Wildman–Crippen MR) is 171 cm³/mol. The van der Waals surface area contributed by atoms with Crippen LogP contribution < -0.4 is 0 Å². The van der Waals surface area contributed by atoms with Crippen molar-refractivity contribution in [2.75, 3.05) is 0 Å². The van der Waals surface area contributed by atoms with Gasteiger partial charge in [0.15, 0.2) is 23.3 Å². The number of rotatable bonds is 5. The summed E-state index contributed by atoms with van der Waals surface area (Å²) < 4.78 is 2.28. The molecule has 0 bridgehead atoms. The van der Waals surface area contributed by atoms with Crippen LogP contribution in [-0.2, 0) is 0 Å². The third kappa shape index (κ3) is 4.69. The molecule has 0 spiro atoms. The van der Waals surface area contributed by atoms with E-state index < -0.39 is 0 Å². The zero-order chi connectivity index (χ0) is 28.6. The number of aromatic nitrogens is 7. The van der Waals surface area contributed by atoms with Gasteiger partial charge in [-0.05, 0) is 30.3 Å². The second kappa shape index (κ2) is 10.6. The summed E-state index contributed by atoms with van der Waals surface area (Å²) in [6.07, 6.45) is 3.45. The maximum absolute atomic E-state index is 5.09. The Morgan fingerprint density at radius 3 is 1.60 bits per heavy atom. The van der Waals surface area contributed by atoms with Crippen molar-refractivity contribution in [1.29, 1.82) is 0 Å². The highest BCUT2D eigenvalue weighted by Gasteiger charge is 2.17. The smallest absolute Gasteiger partial charge is 0.182 e. The maximum atomic E-state index is 5.09. The van der Waals surface area contributed by atoms with Gasteiger partial charge in [0, 0.05) is 39.2 Å². The lowest BCUT2D eigenvalue weighted by Crippen LogP contribution is -2.01. The third-order valence-corrected chi connectivity index (χ3v) is 8.26. The molecule has 8 rings (SSSR count). The van der Waals surface area contributed by atoms with Crippen LogP contribution in [0.1, 0.15) is 0 Å². The van der Waals surface area contributed by atoms with E-state index in [1.54, 1.807) is 23.7 Å². The van der Waals surface area contributed by atoms with Crippen LogP contribution in [0.25, 0.3) is 77.4 Å². The highest BCUT2D eigenvalue weighted by atomic mass is 32.1. The van der Waals surface area contributed by atoms with Gasteiger partial charge in [0.2, 0.25) is 0 Å². The van der Waals surface area contributed by atoms with Crippen molar-refractivity contribution in [1.82, 2.24) is 34.9 Å². The Kier molecular flexibility index (Phi) is 6.16. The normalized spacial score (nSPS) is 11.3. The molecule has 43 heavy (non-hydrogen) atoms. The monoisotopic (exact) mass is 571 g/mol. The number of fused-ring (bicyclic) bond motifs is 3. The van der Waals surface area contributed by atoms with E-state index in [2.05, 4.69) is 51.4 Å². The minimum atomic E-state index is 0.487. The number of pyridine rings is 2. The van der Waals surface area contributed by atoms with Gasteiger partial charge >= 0.3 is 0 Å². The Bertz CT molecular complexity index is 2160. The fourth-order valence-electron chi connectivity index (χ4n) is 5.00. The quantitative estimate of drug-likeness (QED) is 0.206. The number of nitrogens with zero attached hydrogens (tertiary/aromatic N) is 7. The van der Waals surface area contributed by atoms with Crippen LogP contribution in [0.4, 0.5) is 0 Å². The summed E-state index contributed by atoms with van der Waals surface area (Å²) in [6, 6.07) is 38.0. The Morgan fingerprint density at radius 1 is 0.419 bits per heavy atom. The fourth-order valence-corrected chi connectivity index (χ4v) is 6.16. The van der Waals surface area contributed by atoms with E-state index >= 15 is 0 Å². The second-order valence-corrected chi connectivity index (χ2v) is 10.9. The molecule has 202 valence electrons. The van der Waals surface area contributed by atoms with Crippen molar-refractivity contribution in [2.24, 2.45) is 0 Å². The van der Waals surface area contributed by atoms with Crippen LogP contribution in [0.5, 0.6) is 0 Å². The first-order valence-corrected chi connectivity index (χ1v) is 14.6. The second-order valence-electron chi connectivity index (χ2n) is 9.85. The van der Waals surface area contributed by atoms with Gasteiger partial charge in [0.05, 0.1) is 15.9 Å². The Hall–Kier alpha value is -5.73. The minimum absolute atomic E-state index is 0.487. The van der Waals surface area contributed by atoms with Crippen LogP contribution in [0.2, 0.25) is 0 Å². The zero-order valence-electron chi connectivity index (χ0n) is 22.7. The standard InChI is InChI=1S/C35H21N7S/c1-2-10-22(11-3-1)29-31-30(25-12-4-5-15-28(25)43-31)39-32(38-29)23-16-18-24(19-17-23)33-40-34(26-13-6-8-20-36-26)42-35(41-33)27-14-7-9-21-37-27/h1-21H. The van der Waals surface area contributed by atoms with Crippen molar-refractivity contribution in [3.63, 3.8) is 0 Å². The van der Waals surface area contributed by atoms with Crippen LogP contribution in [0.3, 0.4) is 0 Å². The molecule has 0 N–H and O–H groups in total. The molecule has 0 aliphatic heterocycles. The predicted octanol–water partition coefficient (Wildman–Crippen LogP) is 8.15. The minimum Gasteiger partial charge on any atom is -0.253 e. The molecule has 8 heteroatoms. The van der Waals surface area contributed by atoms with Crippen LogP contribution >= 0.6 is 11.3 Å². The third-order valence-electron chi connectivity index (χ3n) is 7.09. The molecule has 0 aliphatic carbocycles. The summed E-state index contributed by atoms with van der Waals surface area (Å²) in [5.41, 5.74) is 6.03. The Morgan fingerprint density at radius 2 is 0.977 bits per heavy atom. The van der Waals surface area contributed by atoms with Crippen molar-refractivity contribution >= 4 is 31.6 Å². The first kappa shape index (κ1) is 25.0. The van der Waals surface area contributed by atoms with Crippen LogP contribution in [-0.4, -0.2) is 34.9 Å². The van der Waals surface area contributed by atoms with Crippen LogP contribution in [0.15, 0.2) is 128 Å². The van der Waals surface area contributed by atoms with Gasteiger partial charge in [0.1, 0.15) is 11.4 Å². The molecular weight excluding hydrogens is 551 g/mol. The van der Waals surface area contributed by atoms with Gasteiger partial charge in [-0.25, -0.2) is 24.9 Å². The molecule has 8 aromatic rings. The van der Waals surface area contributed by atoms with E-state index in [0.29, 0.717) is 34.7 Å². The molecule has 0 saturated heterocycles. The maximum Gasteiger partial charge on any atom is 0.182 e. The molecule has 3 aromatic carbocycles. The van der Waals surface area contributed by atoms with E-state index in [4.69, 9.17) is 19.9 Å². The topological polar surface area (TPSA) is 90.2 Å². The molecule has 5 aromatic heterocycles. The molecular formula is C35H21N7S. The van der Waals surface area contributed by atoms with E-state index in [1.165, 1.54) is 4.70 Å². The molecule has 0 radical (unpaired) electrons. The summed E-state index contributed by atoms with van der Waals surface area (Å²) in [4.78, 5) is 33.3. The van der Waals surface area contributed by atoms with Crippen molar-refractivity contribution < 1.29 is 0 Å². The number of hydrogen-bond donors (Lipinski definition) is 0. The average molecular weight is 572 g/mol. The average Bonchev–Trinajstić information content (AvgIpc) is 3.48. The van der Waals surface area contributed by atoms with Crippen molar-refractivity contribution in [3.05, 3.63) is 128 Å². The molecule has 0 saturated carbocycles. The lowest BCUT2D eigenvalue weighted by atomic mass is 10.1. The number of thiophene rings is 1. The molecule has 0 fully saturated rings. The lowest BCUT2D eigenvalue weighted by molar-refractivity contribution is 1.05. The van der Waals surface area contributed by atoms with E-state index in [-0.39, 0.29) is 0 Å². The zero-order valence-corrected chi connectivity index (χ0v) is 23.5. The molecule has 0 unspecified atom stereocenters. The Balaban J connectivity index is 1.25. The molecule has 0 amide bonds. The highest BCUT2D eigenvalue weighted by molar-refractivity contribution is 7.26. The summed E-state index contributed by atoms with van der Waals surface area (Å²) in [5, 5.41) is 1.13. The van der Waals surface area contributed by atoms with Crippen molar-refractivity contribution in [2.45, 2.75) is 0 Å². The fraction of sp³-hybridized carbons (Fsp3) is 0. The summed E-state index contributed by atoms with van der Waals surface area (Å²) >= 11 is 1.73.